The lowest BCUT2D eigenvalue weighted by atomic mass is 9.66. The minimum Gasteiger partial charge on any atom is -0.493 e. The molecule has 0 atom stereocenters. The number of rotatable bonds is 7. The standard InChI is InChI=1S/C19H26F3NO3/c1-3-25-15-9-18(10-15)6-7-23(12-18)11-14-4-5-16(17(8-14)24-2)26-13-19(20,21)22/h4-5,8,15H,3,6-7,9-13H2,1-2H3. The van der Waals surface area contributed by atoms with Crippen LogP contribution in [0.15, 0.2) is 18.2 Å². The molecule has 0 unspecified atom stereocenters. The summed E-state index contributed by atoms with van der Waals surface area (Å²) in [6.07, 6.45) is -0.517. The third-order valence-corrected chi connectivity index (χ3v) is 5.27. The van der Waals surface area contributed by atoms with Gasteiger partial charge in [0, 0.05) is 19.7 Å². The van der Waals surface area contributed by atoms with Crippen LogP contribution >= 0.6 is 0 Å². The summed E-state index contributed by atoms with van der Waals surface area (Å²) in [5.41, 5.74) is 1.40. The second-order valence-electron chi connectivity index (χ2n) is 7.34. The Morgan fingerprint density at radius 3 is 2.65 bits per heavy atom. The van der Waals surface area contributed by atoms with Gasteiger partial charge in [0.2, 0.25) is 0 Å². The molecule has 1 heterocycles. The summed E-state index contributed by atoms with van der Waals surface area (Å²) < 4.78 is 52.7. The first kappa shape index (κ1) is 19.3. The molecular weight excluding hydrogens is 347 g/mol. The zero-order chi connectivity index (χ0) is 18.8. The van der Waals surface area contributed by atoms with Gasteiger partial charge in [-0.3, -0.25) is 4.90 Å². The number of likely N-dealkylation sites (tertiary alicyclic amines) is 1. The number of hydrogen-bond donors (Lipinski definition) is 0. The van der Waals surface area contributed by atoms with Crippen LogP contribution in [0.5, 0.6) is 11.5 Å². The van der Waals surface area contributed by atoms with Crippen molar-refractivity contribution in [2.24, 2.45) is 5.41 Å². The van der Waals surface area contributed by atoms with Crippen LogP contribution in [-0.2, 0) is 11.3 Å². The molecule has 1 aliphatic carbocycles. The molecule has 1 saturated carbocycles. The topological polar surface area (TPSA) is 30.9 Å². The fraction of sp³-hybridized carbons (Fsp3) is 0.684. The van der Waals surface area contributed by atoms with Crippen molar-refractivity contribution in [1.29, 1.82) is 0 Å². The molecule has 1 aliphatic heterocycles. The zero-order valence-corrected chi connectivity index (χ0v) is 15.3. The maximum Gasteiger partial charge on any atom is 0.422 e. The molecule has 146 valence electrons. The van der Waals surface area contributed by atoms with Gasteiger partial charge in [0.25, 0.3) is 0 Å². The third kappa shape index (κ3) is 4.62. The van der Waals surface area contributed by atoms with Gasteiger partial charge in [-0.1, -0.05) is 6.07 Å². The molecule has 0 N–H and O–H groups in total. The number of ether oxygens (including phenoxy) is 3. The van der Waals surface area contributed by atoms with Gasteiger partial charge >= 0.3 is 6.18 Å². The van der Waals surface area contributed by atoms with Crippen molar-refractivity contribution < 1.29 is 27.4 Å². The van der Waals surface area contributed by atoms with Gasteiger partial charge < -0.3 is 14.2 Å². The Bertz CT molecular complexity index is 615. The van der Waals surface area contributed by atoms with Crippen LogP contribution in [0.25, 0.3) is 0 Å². The van der Waals surface area contributed by atoms with E-state index in [9.17, 15) is 13.2 Å². The predicted molar refractivity (Wildman–Crippen MR) is 91.5 cm³/mol. The van der Waals surface area contributed by atoms with Crippen LogP contribution in [-0.4, -0.2) is 50.6 Å². The Hall–Kier alpha value is -1.47. The lowest BCUT2D eigenvalue weighted by molar-refractivity contribution is -0.153. The molecule has 2 fully saturated rings. The van der Waals surface area contributed by atoms with E-state index in [0.717, 1.165) is 44.6 Å². The van der Waals surface area contributed by atoms with Crippen molar-refractivity contribution >= 4 is 0 Å². The molecule has 0 radical (unpaired) electrons. The molecule has 0 aromatic heterocycles. The summed E-state index contributed by atoms with van der Waals surface area (Å²) in [6.45, 7) is 4.32. The molecule has 0 amide bonds. The maximum atomic E-state index is 12.3. The molecular formula is C19H26F3NO3. The third-order valence-electron chi connectivity index (χ3n) is 5.27. The van der Waals surface area contributed by atoms with Crippen molar-refractivity contribution in [3.8, 4) is 11.5 Å². The van der Waals surface area contributed by atoms with Crippen LogP contribution in [0, 0.1) is 5.41 Å². The molecule has 1 aromatic carbocycles. The van der Waals surface area contributed by atoms with Gasteiger partial charge in [-0.25, -0.2) is 0 Å². The molecule has 1 saturated heterocycles. The van der Waals surface area contributed by atoms with E-state index in [1.807, 2.05) is 13.0 Å². The lowest BCUT2D eigenvalue weighted by Gasteiger charge is -2.44. The van der Waals surface area contributed by atoms with Crippen LogP contribution in [0.4, 0.5) is 13.2 Å². The van der Waals surface area contributed by atoms with E-state index in [0.29, 0.717) is 17.3 Å². The van der Waals surface area contributed by atoms with Crippen molar-refractivity contribution in [3.63, 3.8) is 0 Å². The highest BCUT2D eigenvalue weighted by Crippen LogP contribution is 2.49. The fourth-order valence-corrected chi connectivity index (χ4v) is 4.10. The molecule has 0 bridgehead atoms. The SMILES string of the molecule is CCOC1CC2(CCN(Cc3ccc(OCC(F)(F)F)c(OC)c3)C2)C1. The number of benzene rings is 1. The van der Waals surface area contributed by atoms with Gasteiger partial charge in [0.15, 0.2) is 18.1 Å². The molecule has 1 aromatic rings. The van der Waals surface area contributed by atoms with Crippen molar-refractivity contribution in [2.75, 3.05) is 33.4 Å². The van der Waals surface area contributed by atoms with E-state index in [-0.39, 0.29) is 5.75 Å². The Balaban J connectivity index is 1.56. The van der Waals surface area contributed by atoms with Crippen LogP contribution < -0.4 is 9.47 Å². The van der Waals surface area contributed by atoms with E-state index in [1.165, 1.54) is 13.5 Å². The average molecular weight is 373 g/mol. The van der Waals surface area contributed by atoms with Crippen molar-refractivity contribution in [2.45, 2.75) is 45.0 Å². The minimum atomic E-state index is -4.37. The van der Waals surface area contributed by atoms with Gasteiger partial charge in [0.05, 0.1) is 13.2 Å². The quantitative estimate of drug-likeness (QED) is 0.722. The van der Waals surface area contributed by atoms with Gasteiger partial charge in [0.1, 0.15) is 0 Å². The highest BCUT2D eigenvalue weighted by molar-refractivity contribution is 5.43. The smallest absolute Gasteiger partial charge is 0.422 e. The molecule has 1 spiro atoms. The Kier molecular flexibility index (Phi) is 5.67. The fourth-order valence-electron chi connectivity index (χ4n) is 4.10. The number of halogens is 3. The van der Waals surface area contributed by atoms with E-state index in [2.05, 4.69) is 4.90 Å². The second-order valence-corrected chi connectivity index (χ2v) is 7.34. The van der Waals surface area contributed by atoms with E-state index >= 15 is 0 Å². The Morgan fingerprint density at radius 2 is 2.00 bits per heavy atom. The predicted octanol–water partition coefficient (Wildman–Crippen LogP) is 4.03. The summed E-state index contributed by atoms with van der Waals surface area (Å²) >= 11 is 0. The summed E-state index contributed by atoms with van der Waals surface area (Å²) in [4.78, 5) is 2.40. The summed E-state index contributed by atoms with van der Waals surface area (Å²) in [7, 11) is 1.44. The number of alkyl halides is 3. The second kappa shape index (κ2) is 7.64. The highest BCUT2D eigenvalue weighted by atomic mass is 19.4. The maximum absolute atomic E-state index is 12.3. The van der Waals surface area contributed by atoms with E-state index < -0.39 is 12.8 Å². The number of methoxy groups -OCH3 is 1. The van der Waals surface area contributed by atoms with Crippen LogP contribution in [0.3, 0.4) is 0 Å². The summed E-state index contributed by atoms with van der Waals surface area (Å²) in [5, 5.41) is 0. The largest absolute Gasteiger partial charge is 0.493 e. The summed E-state index contributed by atoms with van der Waals surface area (Å²) in [6, 6.07) is 5.13. The Morgan fingerprint density at radius 1 is 1.23 bits per heavy atom. The molecule has 2 aliphatic rings. The first-order chi connectivity index (χ1) is 12.3. The summed E-state index contributed by atoms with van der Waals surface area (Å²) in [5.74, 6) is 0.450. The number of hydrogen-bond acceptors (Lipinski definition) is 4. The van der Waals surface area contributed by atoms with Gasteiger partial charge in [-0.05, 0) is 55.8 Å². The van der Waals surface area contributed by atoms with Crippen LogP contribution in [0.2, 0.25) is 0 Å². The number of nitrogens with zero attached hydrogens (tertiary/aromatic N) is 1. The van der Waals surface area contributed by atoms with Crippen molar-refractivity contribution in [3.05, 3.63) is 23.8 Å². The van der Waals surface area contributed by atoms with E-state index in [4.69, 9.17) is 14.2 Å². The molecule has 3 rings (SSSR count). The van der Waals surface area contributed by atoms with Crippen molar-refractivity contribution in [1.82, 2.24) is 4.90 Å². The Labute approximate surface area is 152 Å². The van der Waals surface area contributed by atoms with E-state index in [1.54, 1.807) is 12.1 Å². The monoisotopic (exact) mass is 373 g/mol. The average Bonchev–Trinajstić information content (AvgIpc) is 2.96. The lowest BCUT2D eigenvalue weighted by Crippen LogP contribution is -2.44. The normalized spacial score (nSPS) is 26.1. The molecule has 26 heavy (non-hydrogen) atoms. The molecule has 4 nitrogen and oxygen atoms in total. The van der Waals surface area contributed by atoms with Crippen LogP contribution in [0.1, 0.15) is 31.7 Å². The minimum absolute atomic E-state index is 0.116. The zero-order valence-electron chi connectivity index (χ0n) is 15.3. The first-order valence-electron chi connectivity index (χ1n) is 9.03. The highest BCUT2D eigenvalue weighted by Gasteiger charge is 2.48. The van der Waals surface area contributed by atoms with Gasteiger partial charge in [-0.2, -0.15) is 13.2 Å². The molecule has 7 heteroatoms. The van der Waals surface area contributed by atoms with Gasteiger partial charge in [-0.15, -0.1) is 0 Å². The first-order valence-corrected chi connectivity index (χ1v) is 9.03.